The molecule has 1 spiro atoms. The zero-order chi connectivity index (χ0) is 18.3. The largest absolute Gasteiger partial charge is 0.383 e. The number of carbonyl (C=O) groups excluding carboxylic acids is 3. The van der Waals surface area contributed by atoms with Crippen molar-refractivity contribution in [3.8, 4) is 0 Å². The SMILES string of the molecule is CCC1CCC2(CC1)NC(=O)N(CC(=O)NCCNCCOC)C2=O. The van der Waals surface area contributed by atoms with E-state index in [1.165, 1.54) is 0 Å². The fraction of sp³-hybridized carbons (Fsp3) is 0.824. The topological polar surface area (TPSA) is 99.8 Å². The van der Waals surface area contributed by atoms with Crippen LogP contribution in [0.3, 0.4) is 0 Å². The van der Waals surface area contributed by atoms with E-state index in [1.54, 1.807) is 7.11 Å². The standard InChI is InChI=1S/C17H30N4O4/c1-3-13-4-6-17(7-5-13)15(23)21(16(24)20-17)12-14(22)19-9-8-18-10-11-25-2/h13,18H,3-12H2,1-2H3,(H,19,22)(H,20,24). The molecule has 0 aromatic heterocycles. The summed E-state index contributed by atoms with van der Waals surface area (Å²) in [6.07, 6.45) is 4.31. The Morgan fingerprint density at radius 1 is 1.28 bits per heavy atom. The van der Waals surface area contributed by atoms with Gasteiger partial charge in [-0.2, -0.15) is 0 Å². The van der Waals surface area contributed by atoms with Crippen LogP contribution in [-0.2, 0) is 14.3 Å². The molecule has 0 atom stereocenters. The Balaban J connectivity index is 1.77. The maximum absolute atomic E-state index is 12.7. The van der Waals surface area contributed by atoms with Crippen molar-refractivity contribution in [3.63, 3.8) is 0 Å². The van der Waals surface area contributed by atoms with Gasteiger partial charge in [0.2, 0.25) is 5.91 Å². The first-order valence-electron chi connectivity index (χ1n) is 9.13. The molecular formula is C17H30N4O4. The monoisotopic (exact) mass is 354 g/mol. The number of hydrogen-bond acceptors (Lipinski definition) is 5. The van der Waals surface area contributed by atoms with Gasteiger partial charge in [0.25, 0.3) is 5.91 Å². The van der Waals surface area contributed by atoms with E-state index in [1.807, 2.05) is 0 Å². The van der Waals surface area contributed by atoms with Crippen LogP contribution in [0, 0.1) is 5.92 Å². The molecule has 1 heterocycles. The molecule has 3 N–H and O–H groups in total. The van der Waals surface area contributed by atoms with Crippen molar-refractivity contribution in [2.75, 3.05) is 39.9 Å². The van der Waals surface area contributed by atoms with Gasteiger partial charge in [0, 0.05) is 26.7 Å². The fourth-order valence-electron chi connectivity index (χ4n) is 3.53. The number of urea groups is 1. The number of nitrogens with zero attached hydrogens (tertiary/aromatic N) is 1. The highest BCUT2D eigenvalue weighted by Gasteiger charge is 2.52. The molecule has 2 aliphatic rings. The fourth-order valence-corrected chi connectivity index (χ4v) is 3.53. The van der Waals surface area contributed by atoms with Gasteiger partial charge in [0.15, 0.2) is 0 Å². The first-order valence-corrected chi connectivity index (χ1v) is 9.13. The Bertz CT molecular complexity index is 489. The number of imide groups is 1. The third kappa shape index (κ3) is 4.92. The van der Waals surface area contributed by atoms with E-state index in [0.29, 0.717) is 45.0 Å². The van der Waals surface area contributed by atoms with Crippen LogP contribution in [0.4, 0.5) is 4.79 Å². The summed E-state index contributed by atoms with van der Waals surface area (Å²) in [6, 6.07) is -0.451. The molecule has 1 saturated carbocycles. The highest BCUT2D eigenvalue weighted by Crippen LogP contribution is 2.37. The van der Waals surface area contributed by atoms with E-state index in [-0.39, 0.29) is 18.4 Å². The van der Waals surface area contributed by atoms with Crippen LogP contribution in [0.25, 0.3) is 0 Å². The van der Waals surface area contributed by atoms with Crippen molar-refractivity contribution >= 4 is 17.8 Å². The summed E-state index contributed by atoms with van der Waals surface area (Å²) >= 11 is 0. The lowest BCUT2D eigenvalue weighted by Crippen LogP contribution is -2.50. The van der Waals surface area contributed by atoms with Gasteiger partial charge in [-0.05, 0) is 31.6 Å². The molecule has 2 fully saturated rings. The first-order chi connectivity index (χ1) is 12.0. The smallest absolute Gasteiger partial charge is 0.325 e. The lowest BCUT2D eigenvalue weighted by atomic mass is 9.75. The number of hydrogen-bond donors (Lipinski definition) is 3. The van der Waals surface area contributed by atoms with E-state index >= 15 is 0 Å². The second-order valence-electron chi connectivity index (χ2n) is 6.85. The average Bonchev–Trinajstić information content (AvgIpc) is 2.83. The summed E-state index contributed by atoms with van der Waals surface area (Å²) in [6.45, 7) is 4.30. The zero-order valence-corrected chi connectivity index (χ0v) is 15.2. The van der Waals surface area contributed by atoms with Crippen LogP contribution in [0.1, 0.15) is 39.0 Å². The van der Waals surface area contributed by atoms with Gasteiger partial charge in [0.05, 0.1) is 6.61 Å². The molecule has 0 aromatic rings. The summed E-state index contributed by atoms with van der Waals surface area (Å²) in [7, 11) is 1.63. The van der Waals surface area contributed by atoms with Crippen LogP contribution in [0.5, 0.6) is 0 Å². The van der Waals surface area contributed by atoms with Gasteiger partial charge in [-0.1, -0.05) is 13.3 Å². The molecular weight excluding hydrogens is 324 g/mol. The van der Waals surface area contributed by atoms with Crippen LogP contribution < -0.4 is 16.0 Å². The van der Waals surface area contributed by atoms with E-state index in [9.17, 15) is 14.4 Å². The summed E-state index contributed by atoms with van der Waals surface area (Å²) in [4.78, 5) is 38.0. The highest BCUT2D eigenvalue weighted by atomic mass is 16.5. The average molecular weight is 354 g/mol. The number of nitrogens with one attached hydrogen (secondary N) is 3. The molecule has 1 aliphatic heterocycles. The van der Waals surface area contributed by atoms with Gasteiger partial charge < -0.3 is 20.7 Å². The molecule has 0 bridgehead atoms. The maximum Gasteiger partial charge on any atom is 0.325 e. The van der Waals surface area contributed by atoms with Gasteiger partial charge >= 0.3 is 6.03 Å². The third-order valence-corrected chi connectivity index (χ3v) is 5.19. The Morgan fingerprint density at radius 3 is 2.64 bits per heavy atom. The van der Waals surface area contributed by atoms with Gasteiger partial charge in [-0.15, -0.1) is 0 Å². The summed E-state index contributed by atoms with van der Waals surface area (Å²) in [5.41, 5.74) is -0.787. The van der Waals surface area contributed by atoms with Crippen LogP contribution in [0.15, 0.2) is 0 Å². The molecule has 142 valence electrons. The van der Waals surface area contributed by atoms with Crippen LogP contribution in [-0.4, -0.2) is 68.2 Å². The van der Waals surface area contributed by atoms with Crippen molar-refractivity contribution in [1.82, 2.24) is 20.9 Å². The molecule has 0 aromatic carbocycles. The second kappa shape index (κ2) is 9.15. The number of rotatable bonds is 9. The lowest BCUT2D eigenvalue weighted by molar-refractivity contribution is -0.136. The van der Waals surface area contributed by atoms with E-state index in [2.05, 4.69) is 22.9 Å². The van der Waals surface area contributed by atoms with E-state index in [0.717, 1.165) is 24.2 Å². The predicted octanol–water partition coefficient (Wildman–Crippen LogP) is 0.229. The van der Waals surface area contributed by atoms with Crippen molar-refractivity contribution < 1.29 is 19.1 Å². The van der Waals surface area contributed by atoms with Crippen LogP contribution >= 0.6 is 0 Å². The van der Waals surface area contributed by atoms with Gasteiger partial charge in [-0.25, -0.2) is 4.79 Å². The minimum atomic E-state index is -0.787. The van der Waals surface area contributed by atoms with Crippen molar-refractivity contribution in [2.45, 2.75) is 44.6 Å². The van der Waals surface area contributed by atoms with Crippen LogP contribution in [0.2, 0.25) is 0 Å². The highest BCUT2D eigenvalue weighted by molar-refractivity contribution is 6.09. The number of carbonyl (C=O) groups is 3. The Labute approximate surface area is 149 Å². The minimum Gasteiger partial charge on any atom is -0.383 e. The second-order valence-corrected chi connectivity index (χ2v) is 6.85. The van der Waals surface area contributed by atoms with Gasteiger partial charge in [0.1, 0.15) is 12.1 Å². The summed E-state index contributed by atoms with van der Waals surface area (Å²) < 4.78 is 4.91. The van der Waals surface area contributed by atoms with Gasteiger partial charge in [-0.3, -0.25) is 14.5 Å². The normalized spacial score (nSPS) is 26.2. The molecule has 0 radical (unpaired) electrons. The Kier molecular flexibility index (Phi) is 7.19. The zero-order valence-electron chi connectivity index (χ0n) is 15.2. The molecule has 0 unspecified atom stereocenters. The quantitative estimate of drug-likeness (QED) is 0.407. The molecule has 2 rings (SSSR count). The van der Waals surface area contributed by atoms with Crippen molar-refractivity contribution in [2.24, 2.45) is 5.92 Å². The van der Waals surface area contributed by atoms with Crippen molar-refractivity contribution in [3.05, 3.63) is 0 Å². The summed E-state index contributed by atoms with van der Waals surface area (Å²) in [5.74, 6) is 0.0510. The molecule has 1 saturated heterocycles. The molecule has 4 amide bonds. The molecule has 8 heteroatoms. The lowest BCUT2D eigenvalue weighted by Gasteiger charge is -2.34. The number of amides is 4. The maximum atomic E-state index is 12.7. The third-order valence-electron chi connectivity index (χ3n) is 5.19. The van der Waals surface area contributed by atoms with E-state index in [4.69, 9.17) is 4.74 Å². The molecule has 25 heavy (non-hydrogen) atoms. The van der Waals surface area contributed by atoms with E-state index < -0.39 is 11.6 Å². The first kappa shape index (κ1) is 19.7. The Hall–Kier alpha value is -1.67. The molecule has 8 nitrogen and oxygen atoms in total. The number of methoxy groups -OCH3 is 1. The minimum absolute atomic E-state index is 0.221. The number of ether oxygens (including phenoxy) is 1. The Morgan fingerprint density at radius 2 is 2.00 bits per heavy atom. The molecule has 1 aliphatic carbocycles. The summed E-state index contributed by atoms with van der Waals surface area (Å²) in [5, 5.41) is 8.67. The van der Waals surface area contributed by atoms with Crippen molar-refractivity contribution in [1.29, 1.82) is 0 Å². The predicted molar refractivity (Wildman–Crippen MR) is 93.0 cm³/mol.